The van der Waals surface area contributed by atoms with Crippen molar-refractivity contribution in [3.63, 3.8) is 0 Å². The molecule has 9 heteroatoms. The molecule has 1 heterocycles. The number of nitrogens with one attached hydrogen (secondary N) is 2. The number of ether oxygens (including phenoxy) is 1. The van der Waals surface area contributed by atoms with Crippen molar-refractivity contribution >= 4 is 18.0 Å². The molecule has 0 aliphatic heterocycles. The predicted molar refractivity (Wildman–Crippen MR) is 129 cm³/mol. The molecule has 1 aliphatic carbocycles. The molecule has 0 saturated heterocycles. The molecule has 1 aliphatic rings. The topological polar surface area (TPSA) is 123 Å². The molecule has 0 spiro atoms. The number of benzene rings is 2. The van der Waals surface area contributed by atoms with Crippen LogP contribution < -0.4 is 10.6 Å². The Balaban J connectivity index is 1.49. The third kappa shape index (κ3) is 5.03. The number of carbonyl (C=O) groups is 3. The largest absolute Gasteiger partial charge is 0.480 e. The summed E-state index contributed by atoms with van der Waals surface area (Å²) in [6.45, 7) is 3.47. The van der Waals surface area contributed by atoms with Gasteiger partial charge in [-0.2, -0.15) is 5.10 Å². The van der Waals surface area contributed by atoms with Gasteiger partial charge in [-0.25, -0.2) is 9.59 Å². The number of rotatable bonds is 8. The van der Waals surface area contributed by atoms with Crippen LogP contribution in [0.15, 0.2) is 60.9 Å². The Labute approximate surface area is 203 Å². The van der Waals surface area contributed by atoms with Crippen LogP contribution in [0.3, 0.4) is 0 Å². The molecule has 2 amide bonds. The van der Waals surface area contributed by atoms with E-state index in [1.165, 1.54) is 10.9 Å². The third-order valence-electron chi connectivity index (χ3n) is 6.16. The number of aryl methyl sites for hydroxylation is 1. The van der Waals surface area contributed by atoms with Crippen molar-refractivity contribution in [1.82, 2.24) is 20.4 Å². The lowest BCUT2D eigenvalue weighted by molar-refractivity contribution is -0.143. The van der Waals surface area contributed by atoms with Crippen LogP contribution in [0.5, 0.6) is 0 Å². The van der Waals surface area contributed by atoms with E-state index in [9.17, 15) is 19.5 Å². The molecule has 1 aromatic heterocycles. The van der Waals surface area contributed by atoms with Crippen molar-refractivity contribution < 1.29 is 24.2 Å². The van der Waals surface area contributed by atoms with Crippen molar-refractivity contribution in [1.29, 1.82) is 0 Å². The van der Waals surface area contributed by atoms with Crippen molar-refractivity contribution in [3.8, 4) is 11.1 Å². The van der Waals surface area contributed by atoms with Crippen LogP contribution in [0.2, 0.25) is 0 Å². The van der Waals surface area contributed by atoms with Gasteiger partial charge in [-0.1, -0.05) is 62.4 Å². The van der Waals surface area contributed by atoms with Gasteiger partial charge < -0.3 is 20.5 Å². The van der Waals surface area contributed by atoms with Gasteiger partial charge in [-0.15, -0.1) is 0 Å². The third-order valence-corrected chi connectivity index (χ3v) is 6.16. The summed E-state index contributed by atoms with van der Waals surface area (Å²) in [6.07, 6.45) is 2.24. The molecule has 182 valence electrons. The van der Waals surface area contributed by atoms with Crippen molar-refractivity contribution in [3.05, 3.63) is 77.6 Å². The second kappa shape index (κ2) is 10.0. The van der Waals surface area contributed by atoms with Gasteiger partial charge in [0.1, 0.15) is 18.7 Å². The lowest BCUT2D eigenvalue weighted by atomic mass is 9.98. The van der Waals surface area contributed by atoms with Gasteiger partial charge in [0.15, 0.2) is 0 Å². The lowest BCUT2D eigenvalue weighted by Gasteiger charge is -2.23. The average Bonchev–Trinajstić information content (AvgIpc) is 3.40. The molecule has 2 aromatic carbocycles. The fourth-order valence-corrected chi connectivity index (χ4v) is 4.40. The Kier molecular flexibility index (Phi) is 6.86. The van der Waals surface area contributed by atoms with Gasteiger partial charge in [-0.3, -0.25) is 9.48 Å². The molecule has 4 rings (SSSR count). The number of nitrogens with zero attached hydrogens (tertiary/aromatic N) is 2. The first-order valence-corrected chi connectivity index (χ1v) is 11.4. The summed E-state index contributed by atoms with van der Waals surface area (Å²) in [4.78, 5) is 37.4. The van der Waals surface area contributed by atoms with E-state index in [1.54, 1.807) is 27.1 Å². The number of aromatic nitrogens is 2. The van der Waals surface area contributed by atoms with Gasteiger partial charge in [0.05, 0.1) is 6.20 Å². The van der Waals surface area contributed by atoms with Gasteiger partial charge in [0.2, 0.25) is 5.91 Å². The molecule has 0 bridgehead atoms. The number of alkyl carbamates (subject to hydrolysis) is 1. The maximum atomic E-state index is 13.0. The van der Waals surface area contributed by atoms with Gasteiger partial charge in [-0.05, 0) is 28.2 Å². The summed E-state index contributed by atoms with van der Waals surface area (Å²) < 4.78 is 7.07. The van der Waals surface area contributed by atoms with Crippen LogP contribution >= 0.6 is 0 Å². The quantitative estimate of drug-likeness (QED) is 0.459. The van der Waals surface area contributed by atoms with Gasteiger partial charge in [0, 0.05) is 24.7 Å². The zero-order chi connectivity index (χ0) is 25.1. The Hall–Kier alpha value is -4.14. The maximum Gasteiger partial charge on any atom is 0.408 e. The van der Waals surface area contributed by atoms with E-state index in [4.69, 9.17) is 4.74 Å². The second-order valence-electron chi connectivity index (χ2n) is 8.92. The van der Waals surface area contributed by atoms with Crippen LogP contribution in [0.1, 0.15) is 42.5 Å². The highest BCUT2D eigenvalue weighted by Crippen LogP contribution is 2.44. The summed E-state index contributed by atoms with van der Waals surface area (Å²) in [6, 6.07) is 13.7. The molecule has 0 fully saturated rings. The monoisotopic (exact) mass is 476 g/mol. The minimum absolute atomic E-state index is 0.0883. The number of amides is 2. The first-order chi connectivity index (χ1) is 16.8. The second-order valence-corrected chi connectivity index (χ2v) is 8.92. The Morgan fingerprint density at radius 3 is 2.14 bits per heavy atom. The number of hydrogen-bond donors (Lipinski definition) is 3. The fraction of sp³-hybridized carbons (Fsp3) is 0.308. The highest BCUT2D eigenvalue weighted by molar-refractivity contribution is 5.90. The smallest absolute Gasteiger partial charge is 0.408 e. The molecule has 0 saturated carbocycles. The average molecular weight is 477 g/mol. The van der Waals surface area contributed by atoms with Crippen LogP contribution in [0.25, 0.3) is 11.1 Å². The Morgan fingerprint density at radius 2 is 1.63 bits per heavy atom. The Bertz CT molecular complexity index is 1210. The highest BCUT2D eigenvalue weighted by atomic mass is 16.5. The van der Waals surface area contributed by atoms with Gasteiger partial charge >= 0.3 is 12.1 Å². The van der Waals surface area contributed by atoms with E-state index in [1.807, 2.05) is 48.5 Å². The maximum absolute atomic E-state index is 13.0. The molecule has 3 aromatic rings. The molecule has 9 nitrogen and oxygen atoms in total. The van der Waals surface area contributed by atoms with Crippen LogP contribution in [-0.2, 0) is 21.4 Å². The SMILES string of the molecule is CC(C)[C@@H](NC(=O)C(NC(=O)OCC1c2ccccc2-c2ccccc21)c1cnn(C)c1)C(=O)O. The summed E-state index contributed by atoms with van der Waals surface area (Å²) in [5, 5.41) is 18.6. The minimum atomic E-state index is -1.17. The van der Waals surface area contributed by atoms with E-state index in [0.29, 0.717) is 5.56 Å². The lowest BCUT2D eigenvalue weighted by Crippen LogP contribution is -2.49. The summed E-state index contributed by atoms with van der Waals surface area (Å²) in [5.41, 5.74) is 4.77. The zero-order valence-corrected chi connectivity index (χ0v) is 19.8. The van der Waals surface area contributed by atoms with Gasteiger partial charge in [0.25, 0.3) is 0 Å². The first kappa shape index (κ1) is 24.0. The number of carboxylic acids is 1. The number of hydrogen-bond acceptors (Lipinski definition) is 5. The normalized spacial score (nSPS) is 14.1. The molecule has 35 heavy (non-hydrogen) atoms. The summed E-state index contributed by atoms with van der Waals surface area (Å²) in [5.74, 6) is -2.29. The standard InChI is InChI=1S/C26H28N4O5/c1-15(2)22(25(32)33)28-24(31)23(16-12-27-30(3)13-16)29-26(34)35-14-21-19-10-6-4-8-17(19)18-9-5-7-11-20(18)21/h4-13,15,21-23H,14H2,1-3H3,(H,28,31)(H,29,34)(H,32,33)/t22-,23?/m1/s1. The van der Waals surface area contributed by atoms with Crippen LogP contribution in [-0.4, -0.2) is 45.5 Å². The van der Waals surface area contributed by atoms with E-state index in [-0.39, 0.29) is 18.4 Å². The summed E-state index contributed by atoms with van der Waals surface area (Å²) >= 11 is 0. The molecular formula is C26H28N4O5. The summed E-state index contributed by atoms with van der Waals surface area (Å²) in [7, 11) is 1.68. The molecule has 1 unspecified atom stereocenters. The number of carboxylic acid groups (broad SMARTS) is 1. The fourth-order valence-electron chi connectivity index (χ4n) is 4.40. The number of fused-ring (bicyclic) bond motifs is 3. The zero-order valence-electron chi connectivity index (χ0n) is 19.8. The van der Waals surface area contributed by atoms with E-state index >= 15 is 0 Å². The van der Waals surface area contributed by atoms with Crippen molar-refractivity contribution in [2.45, 2.75) is 31.8 Å². The number of carbonyl (C=O) groups excluding carboxylic acids is 2. The van der Waals surface area contributed by atoms with Crippen molar-refractivity contribution in [2.24, 2.45) is 13.0 Å². The predicted octanol–water partition coefficient (Wildman–Crippen LogP) is 3.23. The molecule has 2 atom stereocenters. The highest BCUT2D eigenvalue weighted by Gasteiger charge is 2.32. The van der Waals surface area contributed by atoms with Crippen LogP contribution in [0.4, 0.5) is 4.79 Å². The Morgan fingerprint density at radius 1 is 1.03 bits per heavy atom. The van der Waals surface area contributed by atoms with E-state index in [0.717, 1.165) is 22.3 Å². The van der Waals surface area contributed by atoms with Crippen LogP contribution in [0, 0.1) is 5.92 Å². The molecule has 3 N–H and O–H groups in total. The molecule has 0 radical (unpaired) electrons. The van der Waals surface area contributed by atoms with E-state index in [2.05, 4.69) is 15.7 Å². The first-order valence-electron chi connectivity index (χ1n) is 11.4. The number of aliphatic carboxylic acids is 1. The van der Waals surface area contributed by atoms with E-state index < -0.39 is 30.1 Å². The molecular weight excluding hydrogens is 448 g/mol. The van der Waals surface area contributed by atoms with Crippen molar-refractivity contribution in [2.75, 3.05) is 6.61 Å². The minimum Gasteiger partial charge on any atom is -0.480 e.